The van der Waals surface area contributed by atoms with E-state index in [-0.39, 0.29) is 73.2 Å². The molecule has 30 heteroatoms. The van der Waals surface area contributed by atoms with Crippen molar-refractivity contribution in [1.29, 1.82) is 0 Å². The second-order valence-corrected chi connectivity index (χ2v) is 29.2. The zero-order chi connectivity index (χ0) is 78.9. The Kier molecular flexibility index (Phi) is 23.0. The van der Waals surface area contributed by atoms with E-state index >= 15 is 43.2 Å². The highest BCUT2D eigenvalue weighted by atomic mass is 32.2. The Hall–Kier alpha value is -12.6. The van der Waals surface area contributed by atoms with Gasteiger partial charge in [0.25, 0.3) is 0 Å². The van der Waals surface area contributed by atoms with Crippen LogP contribution in [-0.4, -0.2) is 118 Å². The summed E-state index contributed by atoms with van der Waals surface area (Å²) in [6, 6.07) is 58.7. The monoisotopic (exact) mass is 1560 g/mol. The predicted octanol–water partition coefficient (Wildman–Crippen LogP) is 16.1. The number of hydrogen-bond donors (Lipinski definition) is 0. The van der Waals surface area contributed by atoms with Gasteiger partial charge in [-0.15, -0.1) is 15.3 Å². The molecule has 4 aromatic heterocycles. The minimum absolute atomic E-state index is 0.00235. The lowest BCUT2D eigenvalue weighted by Gasteiger charge is -2.27. The molecule has 0 aliphatic rings. The van der Waals surface area contributed by atoms with Crippen LogP contribution in [0.2, 0.25) is 0 Å². The first-order valence-corrected chi connectivity index (χ1v) is 37.3. The summed E-state index contributed by atoms with van der Waals surface area (Å²) in [6.07, 6.45) is -3.86. The molecule has 0 fully saturated rings. The highest BCUT2D eigenvalue weighted by Gasteiger charge is 2.45. The molecule has 14 aromatic rings. The number of hydrogen-bond acceptors (Lipinski definition) is 18. The first-order chi connectivity index (χ1) is 54.0. The summed E-state index contributed by atoms with van der Waals surface area (Å²) in [6.45, 7) is -1.03. The molecule has 0 bridgehead atoms. The Morgan fingerprint density at radius 1 is 0.375 bits per heavy atom. The van der Waals surface area contributed by atoms with Crippen molar-refractivity contribution >= 4 is 41.6 Å². The van der Waals surface area contributed by atoms with Crippen LogP contribution in [0.25, 0.3) is 66.6 Å². The third kappa shape index (κ3) is 17.0. The Morgan fingerprint density at radius 3 is 1.09 bits per heavy atom. The zero-order valence-electron chi connectivity index (χ0n) is 60.9. The van der Waals surface area contributed by atoms with E-state index in [1.165, 1.54) is 57.2 Å². The van der Waals surface area contributed by atoms with Crippen molar-refractivity contribution in [2.45, 2.75) is 61.4 Å². The number of nitrogens with zero attached hydrogens (tertiary/aromatic N) is 12. The van der Waals surface area contributed by atoms with Crippen molar-refractivity contribution < 1.29 is 71.6 Å². The second kappa shape index (κ2) is 33.3. The smallest absolute Gasteiger partial charge is 0.417 e. The minimum atomic E-state index is -5.11. The van der Waals surface area contributed by atoms with Gasteiger partial charge in [-0.1, -0.05) is 121 Å². The summed E-state index contributed by atoms with van der Waals surface area (Å²) in [5.41, 5.74) is 1.34. The van der Waals surface area contributed by atoms with E-state index in [1.54, 1.807) is 214 Å². The Balaban J connectivity index is 0.000000196. The van der Waals surface area contributed by atoms with Gasteiger partial charge in [0, 0.05) is 67.3 Å². The van der Waals surface area contributed by atoms with Crippen LogP contribution >= 0.6 is 0 Å². The van der Waals surface area contributed by atoms with Gasteiger partial charge >= 0.3 is 12.4 Å². The standard InChI is InChI=1S/2C41H35F3N6O5S/c1-53-31-13-7-27(8-14-31)24-49(25-28-9-15-32(54-2)16-10-28)56(51,52)39-37(41(42,43)44)20-19-36(35-6-4-5-30-23-45-22-21-34(30)35)38(39)40-46-47-48-50(40)26-29-11-17-33(55-3)18-12-29;1-53-31-13-7-27(8-14-31)24-49(25-28-9-15-32(54-2)16-10-28)56(51,52)39-37(41(42,43)44)20-19-36(35-6-4-5-30-23-45-22-21-34(30)35)38(39)40-46-48-50(47-40)26-29-11-17-33(55-3)18-12-29/h2*4-23H,24-26H2,1-3H3. The molecule has 0 spiro atoms. The molecule has 0 saturated heterocycles. The van der Waals surface area contributed by atoms with Gasteiger partial charge in [0.1, 0.15) is 44.3 Å². The van der Waals surface area contributed by atoms with Crippen LogP contribution in [0, 0.1) is 0 Å². The summed E-state index contributed by atoms with van der Waals surface area (Å²) < 4.78 is 189. The number of sulfonamides is 2. The van der Waals surface area contributed by atoms with Gasteiger partial charge < -0.3 is 28.4 Å². The van der Waals surface area contributed by atoms with E-state index in [9.17, 15) is 0 Å². The average molecular weight is 1560 g/mol. The molecule has 0 N–H and O–H groups in total. The molecule has 10 aromatic carbocycles. The van der Waals surface area contributed by atoms with E-state index in [1.807, 2.05) is 12.1 Å². The number of alkyl halides is 6. The fraction of sp³-hybridized carbons (Fsp3) is 0.171. The van der Waals surface area contributed by atoms with Gasteiger partial charge in [0.05, 0.1) is 72.4 Å². The Labute approximate surface area is 640 Å². The van der Waals surface area contributed by atoms with Crippen molar-refractivity contribution in [2.24, 2.45) is 0 Å². The van der Waals surface area contributed by atoms with Crippen molar-refractivity contribution in [1.82, 2.24) is 59.0 Å². The fourth-order valence-corrected chi connectivity index (χ4v) is 16.5. The second-order valence-electron chi connectivity index (χ2n) is 25.5. The van der Waals surface area contributed by atoms with Crippen molar-refractivity contribution in [3.63, 3.8) is 0 Å². The molecular formula is C82H70F6N12O10S2. The van der Waals surface area contributed by atoms with Gasteiger partial charge in [0.2, 0.25) is 25.9 Å². The maximum absolute atomic E-state index is 15.4. The van der Waals surface area contributed by atoms with E-state index < -0.39 is 53.3 Å². The minimum Gasteiger partial charge on any atom is -0.497 e. The molecular weight excluding hydrogens is 1490 g/mol. The predicted molar refractivity (Wildman–Crippen MR) is 407 cm³/mol. The molecule has 0 amide bonds. The Bertz CT molecular complexity index is 5780. The third-order valence-corrected chi connectivity index (χ3v) is 22.3. The van der Waals surface area contributed by atoms with Crippen molar-refractivity contribution in [3.05, 3.63) is 288 Å². The topological polar surface area (TPSA) is 243 Å². The van der Waals surface area contributed by atoms with Gasteiger partial charge in [-0.2, -0.15) is 39.7 Å². The molecule has 14 rings (SSSR count). The zero-order valence-corrected chi connectivity index (χ0v) is 62.5. The molecule has 0 saturated carbocycles. The van der Waals surface area contributed by atoms with E-state index in [0.29, 0.717) is 95.0 Å². The SMILES string of the molecule is COc1ccc(CN(Cc2ccc(OC)cc2)S(=O)(=O)c2c(C(F)(F)F)ccc(-c3cccc4cnccc34)c2-c2nnn(Cc3ccc(OC)cc3)n2)cc1.COc1ccc(CN(Cc2ccc(OC)cc2)S(=O)(=O)c2c(C(F)(F)F)ccc(-c3cccc4cnccc34)c2-c2nnnn2Cc2ccc(OC)cc2)cc1. The van der Waals surface area contributed by atoms with Crippen molar-refractivity contribution in [3.8, 4) is 79.5 Å². The maximum Gasteiger partial charge on any atom is 0.417 e. The largest absolute Gasteiger partial charge is 0.497 e. The number of benzene rings is 10. The highest BCUT2D eigenvalue weighted by molar-refractivity contribution is 7.89. The summed E-state index contributed by atoms with van der Waals surface area (Å²) in [4.78, 5) is 7.63. The molecule has 112 heavy (non-hydrogen) atoms. The van der Waals surface area contributed by atoms with Crippen LogP contribution in [0.15, 0.2) is 253 Å². The fourth-order valence-electron chi connectivity index (χ4n) is 12.9. The van der Waals surface area contributed by atoms with Crippen molar-refractivity contribution in [2.75, 3.05) is 42.7 Å². The summed E-state index contributed by atoms with van der Waals surface area (Å²) >= 11 is 0. The number of fused-ring (bicyclic) bond motifs is 2. The number of aromatic nitrogens is 10. The first kappa shape index (κ1) is 77.5. The maximum atomic E-state index is 15.4. The molecule has 0 aliphatic carbocycles. The summed E-state index contributed by atoms with van der Waals surface area (Å²) in [5.74, 6) is 2.85. The number of ether oxygens (including phenoxy) is 6. The number of rotatable bonds is 26. The Morgan fingerprint density at radius 2 is 0.723 bits per heavy atom. The van der Waals surface area contributed by atoms with Crippen LogP contribution in [0.4, 0.5) is 26.3 Å². The molecule has 0 aliphatic heterocycles. The van der Waals surface area contributed by atoms with Crippen LogP contribution in [0.1, 0.15) is 44.5 Å². The van der Waals surface area contributed by atoms with Crippen LogP contribution in [-0.2, 0) is 71.7 Å². The lowest BCUT2D eigenvalue weighted by molar-refractivity contribution is -0.140. The average Bonchev–Trinajstić information content (AvgIpc) is 1.08. The number of pyridine rings is 2. The highest BCUT2D eigenvalue weighted by Crippen LogP contribution is 2.49. The van der Waals surface area contributed by atoms with Gasteiger partial charge in [-0.05, 0) is 179 Å². The van der Waals surface area contributed by atoms with Gasteiger partial charge in [0.15, 0.2) is 5.82 Å². The quantitative estimate of drug-likeness (QED) is 0.0457. The van der Waals surface area contributed by atoms with E-state index in [2.05, 4.69) is 40.9 Å². The third-order valence-electron chi connectivity index (χ3n) is 18.5. The molecule has 572 valence electrons. The van der Waals surface area contributed by atoms with Gasteiger partial charge in [-0.25, -0.2) is 21.5 Å². The summed E-state index contributed by atoms with van der Waals surface area (Å²) in [5, 5.41) is 27.8. The van der Waals surface area contributed by atoms with E-state index in [4.69, 9.17) is 28.4 Å². The number of tetrazole rings is 2. The molecule has 0 unspecified atom stereocenters. The van der Waals surface area contributed by atoms with Crippen LogP contribution in [0.5, 0.6) is 34.5 Å². The van der Waals surface area contributed by atoms with E-state index in [0.717, 1.165) is 26.3 Å². The molecule has 0 atom stereocenters. The van der Waals surface area contributed by atoms with Crippen LogP contribution in [0.3, 0.4) is 0 Å². The molecule has 22 nitrogen and oxygen atoms in total. The normalized spacial score (nSPS) is 11.9. The summed E-state index contributed by atoms with van der Waals surface area (Å²) in [7, 11) is -1.07. The number of halogens is 6. The molecule has 0 radical (unpaired) electrons. The van der Waals surface area contributed by atoms with Crippen LogP contribution < -0.4 is 28.4 Å². The number of methoxy groups -OCH3 is 6. The first-order valence-electron chi connectivity index (χ1n) is 34.5. The lowest BCUT2D eigenvalue weighted by Crippen LogP contribution is -2.32. The van der Waals surface area contributed by atoms with Gasteiger partial charge in [-0.3, -0.25) is 9.97 Å². The molecule has 4 heterocycles. The lowest BCUT2D eigenvalue weighted by atomic mass is 9.93.